The third kappa shape index (κ3) is 2.53. The van der Waals surface area contributed by atoms with E-state index in [9.17, 15) is 4.79 Å². The summed E-state index contributed by atoms with van der Waals surface area (Å²) >= 11 is 0. The molecule has 19 heavy (non-hydrogen) atoms. The van der Waals surface area contributed by atoms with Gasteiger partial charge in [-0.25, -0.2) is 0 Å². The number of carbonyl (C=O) groups excluding carboxylic acids is 1. The van der Waals surface area contributed by atoms with Gasteiger partial charge in [-0.1, -0.05) is 0 Å². The number of aromatic nitrogens is 1. The third-order valence-corrected chi connectivity index (χ3v) is 4.19. The molecule has 1 aromatic heterocycles. The van der Waals surface area contributed by atoms with Gasteiger partial charge in [0.25, 0.3) is 5.91 Å². The van der Waals surface area contributed by atoms with Gasteiger partial charge in [0.05, 0.1) is 6.61 Å². The quantitative estimate of drug-likeness (QED) is 0.783. The van der Waals surface area contributed by atoms with E-state index < -0.39 is 0 Å². The molecule has 2 aliphatic heterocycles. The molecule has 0 spiro atoms. The second-order valence-electron chi connectivity index (χ2n) is 5.35. The van der Waals surface area contributed by atoms with Crippen LogP contribution in [-0.4, -0.2) is 65.7 Å². The summed E-state index contributed by atoms with van der Waals surface area (Å²) in [4.78, 5) is 16.8. The number of hydrogen-bond acceptors (Lipinski definition) is 3. The zero-order valence-electron chi connectivity index (χ0n) is 11.4. The van der Waals surface area contributed by atoms with E-state index >= 15 is 0 Å². The van der Waals surface area contributed by atoms with Crippen molar-refractivity contribution < 1.29 is 9.53 Å². The highest BCUT2D eigenvalue weighted by atomic mass is 16.5. The van der Waals surface area contributed by atoms with Crippen LogP contribution in [0.4, 0.5) is 0 Å². The molecule has 1 unspecified atom stereocenters. The lowest BCUT2D eigenvalue weighted by Gasteiger charge is -2.37. The highest BCUT2D eigenvalue weighted by molar-refractivity contribution is 5.92. The van der Waals surface area contributed by atoms with E-state index in [0.717, 1.165) is 51.5 Å². The minimum atomic E-state index is 0.148. The van der Waals surface area contributed by atoms with Gasteiger partial charge in [-0.2, -0.15) is 0 Å². The summed E-state index contributed by atoms with van der Waals surface area (Å²) < 4.78 is 7.32. The Bertz CT molecular complexity index is 443. The molecule has 2 fully saturated rings. The summed E-state index contributed by atoms with van der Waals surface area (Å²) in [6.07, 6.45) is 3.05. The molecule has 3 heterocycles. The number of ether oxygens (including phenoxy) is 1. The molecule has 0 radical (unpaired) electrons. The fraction of sp³-hybridized carbons (Fsp3) is 0.643. The number of amides is 1. The van der Waals surface area contributed by atoms with Crippen LogP contribution >= 0.6 is 0 Å². The van der Waals surface area contributed by atoms with Crippen LogP contribution in [0, 0.1) is 0 Å². The van der Waals surface area contributed by atoms with Crippen molar-refractivity contribution in [2.75, 3.05) is 39.4 Å². The molecule has 3 rings (SSSR count). The second-order valence-corrected chi connectivity index (χ2v) is 5.35. The monoisotopic (exact) mass is 263 g/mol. The van der Waals surface area contributed by atoms with E-state index in [4.69, 9.17) is 4.74 Å². The van der Waals surface area contributed by atoms with Crippen LogP contribution in [0.15, 0.2) is 18.3 Å². The summed E-state index contributed by atoms with van der Waals surface area (Å²) in [5.74, 6) is 0.148. The highest BCUT2D eigenvalue weighted by Gasteiger charge is 2.29. The highest BCUT2D eigenvalue weighted by Crippen LogP contribution is 2.16. The van der Waals surface area contributed by atoms with Crippen molar-refractivity contribution in [3.8, 4) is 0 Å². The largest absolute Gasteiger partial charge is 0.380 e. The Morgan fingerprint density at radius 3 is 2.68 bits per heavy atom. The molecule has 2 aliphatic rings. The van der Waals surface area contributed by atoms with Gasteiger partial charge in [-0.3, -0.25) is 9.69 Å². The van der Waals surface area contributed by atoms with Crippen LogP contribution in [0.3, 0.4) is 0 Å². The lowest BCUT2D eigenvalue weighted by atomic mass is 10.2. The Balaban J connectivity index is 1.58. The van der Waals surface area contributed by atoms with E-state index in [1.165, 1.54) is 0 Å². The van der Waals surface area contributed by atoms with Gasteiger partial charge in [0.2, 0.25) is 0 Å². The molecule has 2 saturated heterocycles. The summed E-state index contributed by atoms with van der Waals surface area (Å²) in [7, 11) is 1.92. The summed E-state index contributed by atoms with van der Waals surface area (Å²) in [6, 6.07) is 4.37. The molecule has 0 aliphatic carbocycles. The molecular formula is C14H21N3O2. The number of nitrogens with zero attached hydrogens (tertiary/aromatic N) is 3. The standard InChI is InChI=1S/C14H21N3O2/c1-15-5-2-3-13(15)14(18)17-8-6-16(7-9-17)12-4-10-19-11-12/h2-3,5,12H,4,6-11H2,1H3. The zero-order valence-corrected chi connectivity index (χ0v) is 11.4. The Labute approximate surface area is 113 Å². The molecule has 0 N–H and O–H groups in total. The number of piperazine rings is 1. The van der Waals surface area contributed by atoms with Gasteiger partial charge in [0, 0.05) is 52.1 Å². The molecule has 1 amide bonds. The minimum Gasteiger partial charge on any atom is -0.380 e. The SMILES string of the molecule is Cn1cccc1C(=O)N1CCN(C2CCOC2)CC1. The lowest BCUT2D eigenvalue weighted by molar-refractivity contribution is 0.0541. The summed E-state index contributed by atoms with van der Waals surface area (Å²) in [5, 5.41) is 0. The molecule has 1 aromatic rings. The Kier molecular flexibility index (Phi) is 3.57. The van der Waals surface area contributed by atoms with Crippen molar-refractivity contribution in [3.05, 3.63) is 24.0 Å². The van der Waals surface area contributed by atoms with Gasteiger partial charge in [-0.05, 0) is 18.6 Å². The minimum absolute atomic E-state index is 0.148. The molecule has 5 nitrogen and oxygen atoms in total. The first-order valence-electron chi connectivity index (χ1n) is 6.98. The first-order chi connectivity index (χ1) is 9.25. The van der Waals surface area contributed by atoms with Crippen LogP contribution in [0.25, 0.3) is 0 Å². The maximum absolute atomic E-state index is 12.4. The van der Waals surface area contributed by atoms with Crippen molar-refractivity contribution in [2.24, 2.45) is 7.05 Å². The predicted molar refractivity (Wildman–Crippen MR) is 72.1 cm³/mol. The Hall–Kier alpha value is -1.33. The van der Waals surface area contributed by atoms with Crippen LogP contribution in [0.2, 0.25) is 0 Å². The molecule has 0 aromatic carbocycles. The van der Waals surface area contributed by atoms with Crippen LogP contribution in [-0.2, 0) is 11.8 Å². The summed E-state index contributed by atoms with van der Waals surface area (Å²) in [6.45, 7) is 5.30. The van der Waals surface area contributed by atoms with Crippen molar-refractivity contribution in [1.82, 2.24) is 14.4 Å². The van der Waals surface area contributed by atoms with Gasteiger partial charge in [-0.15, -0.1) is 0 Å². The van der Waals surface area contributed by atoms with Gasteiger partial charge in [0.1, 0.15) is 5.69 Å². The average molecular weight is 263 g/mol. The van der Waals surface area contributed by atoms with Crippen LogP contribution in [0.1, 0.15) is 16.9 Å². The smallest absolute Gasteiger partial charge is 0.270 e. The average Bonchev–Trinajstić information content (AvgIpc) is 3.09. The van der Waals surface area contributed by atoms with Crippen molar-refractivity contribution >= 4 is 5.91 Å². The van der Waals surface area contributed by atoms with Gasteiger partial charge < -0.3 is 14.2 Å². The lowest BCUT2D eigenvalue weighted by Crippen LogP contribution is -2.52. The van der Waals surface area contributed by atoms with E-state index in [-0.39, 0.29) is 5.91 Å². The first-order valence-corrected chi connectivity index (χ1v) is 6.98. The fourth-order valence-electron chi connectivity index (χ4n) is 2.95. The second kappa shape index (κ2) is 5.35. The molecular weight excluding hydrogens is 242 g/mol. The van der Waals surface area contributed by atoms with Gasteiger partial charge in [0.15, 0.2) is 0 Å². The molecule has 5 heteroatoms. The predicted octanol–water partition coefficient (Wildman–Crippen LogP) is 0.572. The van der Waals surface area contributed by atoms with Gasteiger partial charge >= 0.3 is 0 Å². The molecule has 0 saturated carbocycles. The first kappa shape index (κ1) is 12.7. The summed E-state index contributed by atoms with van der Waals surface area (Å²) in [5.41, 5.74) is 0.776. The van der Waals surface area contributed by atoms with E-state index in [0.29, 0.717) is 6.04 Å². The van der Waals surface area contributed by atoms with E-state index in [1.54, 1.807) is 0 Å². The number of aryl methyl sites for hydroxylation is 1. The van der Waals surface area contributed by atoms with Crippen molar-refractivity contribution in [3.63, 3.8) is 0 Å². The number of carbonyl (C=O) groups is 1. The Morgan fingerprint density at radius 1 is 1.32 bits per heavy atom. The van der Waals surface area contributed by atoms with Crippen LogP contribution < -0.4 is 0 Å². The van der Waals surface area contributed by atoms with Crippen LogP contribution in [0.5, 0.6) is 0 Å². The maximum atomic E-state index is 12.4. The zero-order chi connectivity index (χ0) is 13.2. The van der Waals surface area contributed by atoms with E-state index in [1.807, 2.05) is 34.8 Å². The number of hydrogen-bond donors (Lipinski definition) is 0. The molecule has 0 bridgehead atoms. The van der Waals surface area contributed by atoms with Crippen molar-refractivity contribution in [1.29, 1.82) is 0 Å². The fourth-order valence-corrected chi connectivity index (χ4v) is 2.95. The Morgan fingerprint density at radius 2 is 2.11 bits per heavy atom. The maximum Gasteiger partial charge on any atom is 0.270 e. The van der Waals surface area contributed by atoms with E-state index in [2.05, 4.69) is 4.90 Å². The molecule has 104 valence electrons. The topological polar surface area (TPSA) is 37.7 Å². The molecule has 1 atom stereocenters. The number of rotatable bonds is 2. The third-order valence-electron chi connectivity index (χ3n) is 4.19. The normalized spacial score (nSPS) is 24.9. The van der Waals surface area contributed by atoms with Crippen molar-refractivity contribution in [2.45, 2.75) is 12.5 Å².